The lowest BCUT2D eigenvalue weighted by molar-refractivity contribution is -0.111. The van der Waals surface area contributed by atoms with Crippen LogP contribution in [-0.2, 0) is 11.4 Å². The maximum atomic E-state index is 11.7. The molecular formula is C18H17ClN2O2. The zero-order valence-electron chi connectivity index (χ0n) is 12.7. The minimum atomic E-state index is -0.219. The van der Waals surface area contributed by atoms with Gasteiger partial charge in [-0.05, 0) is 31.2 Å². The van der Waals surface area contributed by atoms with Gasteiger partial charge in [-0.1, -0.05) is 35.9 Å². The molecule has 0 aliphatic rings. The van der Waals surface area contributed by atoms with Crippen molar-refractivity contribution in [3.63, 3.8) is 0 Å². The number of hydrogen-bond donors (Lipinski definition) is 1. The summed E-state index contributed by atoms with van der Waals surface area (Å²) >= 11 is 6.18. The molecule has 1 heterocycles. The molecular weight excluding hydrogens is 312 g/mol. The number of allylic oxidation sites excluding steroid dienone is 3. The molecule has 118 valence electrons. The van der Waals surface area contributed by atoms with Crippen LogP contribution in [0.5, 0.6) is 5.75 Å². The van der Waals surface area contributed by atoms with Crippen molar-refractivity contribution < 1.29 is 9.53 Å². The van der Waals surface area contributed by atoms with Crippen LogP contribution >= 0.6 is 11.6 Å². The maximum absolute atomic E-state index is 11.7. The predicted octanol–water partition coefficient (Wildman–Crippen LogP) is 4.38. The number of carbonyl (C=O) groups is 1. The van der Waals surface area contributed by atoms with Crippen molar-refractivity contribution in [3.05, 3.63) is 77.6 Å². The van der Waals surface area contributed by atoms with Crippen molar-refractivity contribution >= 4 is 23.2 Å². The zero-order chi connectivity index (χ0) is 16.5. The number of ether oxygens (including phenoxy) is 1. The Bertz CT molecular complexity index is 712. The molecule has 5 heteroatoms. The molecule has 0 fully saturated rings. The SMILES string of the molecule is C/C=C/C=C/C(=O)Nc1ccc(OCc2cccnc2)c(Cl)c1. The summed E-state index contributed by atoms with van der Waals surface area (Å²) in [6, 6.07) is 8.89. The summed E-state index contributed by atoms with van der Waals surface area (Å²) in [5.41, 5.74) is 1.56. The summed E-state index contributed by atoms with van der Waals surface area (Å²) < 4.78 is 5.65. The molecule has 1 N–H and O–H groups in total. The van der Waals surface area contributed by atoms with Crippen molar-refractivity contribution in [2.24, 2.45) is 0 Å². The number of benzene rings is 1. The van der Waals surface area contributed by atoms with Gasteiger partial charge in [-0.3, -0.25) is 9.78 Å². The number of halogens is 1. The smallest absolute Gasteiger partial charge is 0.248 e. The Morgan fingerprint density at radius 1 is 1.35 bits per heavy atom. The van der Waals surface area contributed by atoms with Crippen LogP contribution in [0.4, 0.5) is 5.69 Å². The third-order valence-electron chi connectivity index (χ3n) is 2.87. The molecule has 1 amide bonds. The number of nitrogens with one attached hydrogen (secondary N) is 1. The Hall–Kier alpha value is -2.59. The van der Waals surface area contributed by atoms with Crippen LogP contribution < -0.4 is 10.1 Å². The van der Waals surface area contributed by atoms with Crippen molar-refractivity contribution in [1.29, 1.82) is 0 Å². The number of aromatic nitrogens is 1. The lowest BCUT2D eigenvalue weighted by Crippen LogP contribution is -2.07. The number of rotatable bonds is 6. The Morgan fingerprint density at radius 2 is 2.22 bits per heavy atom. The van der Waals surface area contributed by atoms with Crippen LogP contribution in [0.2, 0.25) is 5.02 Å². The summed E-state index contributed by atoms with van der Waals surface area (Å²) in [6.45, 7) is 2.26. The highest BCUT2D eigenvalue weighted by Gasteiger charge is 2.05. The Kier molecular flexibility index (Phi) is 6.39. The average Bonchev–Trinajstić information content (AvgIpc) is 2.55. The van der Waals surface area contributed by atoms with E-state index in [1.807, 2.05) is 25.1 Å². The van der Waals surface area contributed by atoms with Gasteiger partial charge in [0.05, 0.1) is 5.02 Å². The summed E-state index contributed by atoms with van der Waals surface area (Å²) in [5, 5.41) is 3.17. The van der Waals surface area contributed by atoms with Crippen LogP contribution in [0.15, 0.2) is 67.0 Å². The van der Waals surface area contributed by atoms with Crippen LogP contribution in [0, 0.1) is 0 Å². The topological polar surface area (TPSA) is 51.2 Å². The number of pyridine rings is 1. The van der Waals surface area contributed by atoms with Crippen molar-refractivity contribution in [1.82, 2.24) is 4.98 Å². The average molecular weight is 329 g/mol. The fraction of sp³-hybridized carbons (Fsp3) is 0.111. The molecule has 2 aromatic rings. The van der Waals surface area contributed by atoms with Gasteiger partial charge in [0.25, 0.3) is 0 Å². The first-order valence-corrected chi connectivity index (χ1v) is 7.48. The van der Waals surface area contributed by atoms with Gasteiger partial charge < -0.3 is 10.1 Å². The summed E-state index contributed by atoms with van der Waals surface area (Å²) in [5.74, 6) is 0.334. The quantitative estimate of drug-likeness (QED) is 0.632. The summed E-state index contributed by atoms with van der Waals surface area (Å²) in [7, 11) is 0. The van der Waals surface area contributed by atoms with E-state index in [1.54, 1.807) is 42.7 Å². The molecule has 0 aliphatic carbocycles. The van der Waals surface area contributed by atoms with Crippen LogP contribution in [-0.4, -0.2) is 10.9 Å². The van der Waals surface area contributed by atoms with E-state index in [-0.39, 0.29) is 5.91 Å². The van der Waals surface area contributed by atoms with Gasteiger partial charge in [-0.2, -0.15) is 0 Å². The van der Waals surface area contributed by atoms with Gasteiger partial charge in [0.1, 0.15) is 12.4 Å². The molecule has 23 heavy (non-hydrogen) atoms. The third kappa shape index (κ3) is 5.60. The first kappa shape index (κ1) is 16.8. The van der Waals surface area contributed by atoms with Gasteiger partial charge in [0, 0.05) is 29.7 Å². The molecule has 2 rings (SSSR count). The number of carbonyl (C=O) groups excluding carboxylic acids is 1. The van der Waals surface area contributed by atoms with Crippen molar-refractivity contribution in [2.75, 3.05) is 5.32 Å². The number of amides is 1. The fourth-order valence-electron chi connectivity index (χ4n) is 1.78. The van der Waals surface area contributed by atoms with Crippen molar-refractivity contribution in [2.45, 2.75) is 13.5 Å². The molecule has 4 nitrogen and oxygen atoms in total. The number of anilines is 1. The molecule has 0 radical (unpaired) electrons. The Morgan fingerprint density at radius 3 is 2.91 bits per heavy atom. The first-order chi connectivity index (χ1) is 11.2. The van der Waals surface area contributed by atoms with Gasteiger partial charge in [0.2, 0.25) is 5.91 Å². The molecule has 0 atom stereocenters. The summed E-state index contributed by atoms with van der Waals surface area (Å²) in [4.78, 5) is 15.7. The number of nitrogens with zero attached hydrogens (tertiary/aromatic N) is 1. The molecule has 1 aromatic heterocycles. The largest absolute Gasteiger partial charge is 0.487 e. The summed E-state index contributed by atoms with van der Waals surface area (Å²) in [6.07, 6.45) is 10.2. The second-order valence-corrected chi connectivity index (χ2v) is 5.08. The van der Waals surface area contributed by atoms with E-state index in [0.29, 0.717) is 23.1 Å². The van der Waals surface area contributed by atoms with E-state index in [9.17, 15) is 4.79 Å². The highest BCUT2D eigenvalue weighted by atomic mass is 35.5. The Balaban J connectivity index is 1.96. The van der Waals surface area contributed by atoms with Crippen molar-refractivity contribution in [3.8, 4) is 5.75 Å². The standard InChI is InChI=1S/C18H17ClN2O2/c1-2-3-4-7-18(22)21-15-8-9-17(16(19)11-15)23-13-14-6-5-10-20-12-14/h2-12H,13H2,1H3,(H,21,22)/b3-2+,7-4+. The molecule has 0 aliphatic heterocycles. The molecule has 0 unspecified atom stereocenters. The molecule has 1 aromatic carbocycles. The lowest BCUT2D eigenvalue weighted by atomic mass is 10.3. The second-order valence-electron chi connectivity index (χ2n) is 4.67. The second kappa shape index (κ2) is 8.76. The highest BCUT2D eigenvalue weighted by Crippen LogP contribution is 2.28. The van der Waals surface area contributed by atoms with Gasteiger partial charge in [-0.15, -0.1) is 0 Å². The fourth-order valence-corrected chi connectivity index (χ4v) is 2.01. The van der Waals surface area contributed by atoms with Gasteiger partial charge in [0.15, 0.2) is 0 Å². The van der Waals surface area contributed by atoms with E-state index in [2.05, 4.69) is 10.3 Å². The minimum absolute atomic E-state index is 0.219. The molecule has 0 bridgehead atoms. The predicted molar refractivity (Wildman–Crippen MR) is 92.6 cm³/mol. The lowest BCUT2D eigenvalue weighted by Gasteiger charge is -2.09. The normalized spacial score (nSPS) is 11.0. The minimum Gasteiger partial charge on any atom is -0.487 e. The first-order valence-electron chi connectivity index (χ1n) is 7.10. The third-order valence-corrected chi connectivity index (χ3v) is 3.16. The number of hydrogen-bond acceptors (Lipinski definition) is 3. The van der Waals surface area contributed by atoms with E-state index >= 15 is 0 Å². The van der Waals surface area contributed by atoms with Gasteiger partial charge in [-0.25, -0.2) is 0 Å². The zero-order valence-corrected chi connectivity index (χ0v) is 13.5. The molecule has 0 spiro atoms. The van der Waals surface area contributed by atoms with Crippen LogP contribution in [0.25, 0.3) is 0 Å². The highest BCUT2D eigenvalue weighted by molar-refractivity contribution is 6.32. The molecule has 0 saturated carbocycles. The van der Waals surface area contributed by atoms with Crippen LogP contribution in [0.3, 0.4) is 0 Å². The van der Waals surface area contributed by atoms with E-state index in [1.165, 1.54) is 6.08 Å². The van der Waals surface area contributed by atoms with Crippen LogP contribution in [0.1, 0.15) is 12.5 Å². The molecule has 0 saturated heterocycles. The monoisotopic (exact) mass is 328 g/mol. The maximum Gasteiger partial charge on any atom is 0.248 e. The van der Waals surface area contributed by atoms with E-state index in [0.717, 1.165) is 5.56 Å². The van der Waals surface area contributed by atoms with E-state index < -0.39 is 0 Å². The Labute approximate surface area is 140 Å². The van der Waals surface area contributed by atoms with E-state index in [4.69, 9.17) is 16.3 Å². The van der Waals surface area contributed by atoms with Gasteiger partial charge >= 0.3 is 0 Å².